The highest BCUT2D eigenvalue weighted by molar-refractivity contribution is 5.75. The average molecular weight is 412 g/mol. The third kappa shape index (κ3) is 3.41. The van der Waals surface area contributed by atoms with Crippen molar-refractivity contribution < 1.29 is 0 Å². The van der Waals surface area contributed by atoms with E-state index in [-0.39, 0.29) is 6.04 Å². The number of nitrogens with zero attached hydrogens (tertiary/aromatic N) is 5. The Bertz CT molecular complexity index is 1220. The Kier molecular flexibility index (Phi) is 4.64. The quantitative estimate of drug-likeness (QED) is 0.682. The summed E-state index contributed by atoms with van der Waals surface area (Å²) < 4.78 is 1.83. The van der Waals surface area contributed by atoms with E-state index >= 15 is 0 Å². The molecule has 31 heavy (non-hydrogen) atoms. The predicted octanol–water partition coefficient (Wildman–Crippen LogP) is 3.87. The van der Waals surface area contributed by atoms with Crippen molar-refractivity contribution in [3.63, 3.8) is 0 Å². The van der Waals surface area contributed by atoms with Crippen LogP contribution in [-0.2, 0) is 7.05 Å². The summed E-state index contributed by atoms with van der Waals surface area (Å²) in [5, 5.41) is 21.7. The number of anilines is 1. The second-order valence-corrected chi connectivity index (χ2v) is 8.12. The molecule has 0 saturated carbocycles. The minimum absolute atomic E-state index is 0.111. The zero-order chi connectivity index (χ0) is 21.5. The third-order valence-corrected chi connectivity index (χ3v) is 5.99. The van der Waals surface area contributed by atoms with Crippen molar-refractivity contribution in [2.24, 2.45) is 7.05 Å². The number of fused-ring (bicyclic) bond motifs is 3. The number of rotatable bonds is 3. The maximum absolute atomic E-state index is 9.29. The van der Waals surface area contributed by atoms with E-state index in [0.29, 0.717) is 5.56 Å². The summed E-state index contributed by atoms with van der Waals surface area (Å²) in [5.74, 6) is 0. The number of aryl methyl sites for hydroxylation is 1. The lowest BCUT2D eigenvalue weighted by atomic mass is 9.93. The molecule has 1 aromatic heterocycles. The first-order valence-corrected chi connectivity index (χ1v) is 10.4. The molecule has 156 valence electrons. The molecule has 2 aliphatic rings. The lowest BCUT2D eigenvalue weighted by molar-refractivity contribution is 0.0447. The molecule has 7 nitrogen and oxygen atoms in total. The van der Waals surface area contributed by atoms with E-state index in [1.165, 1.54) is 16.8 Å². The van der Waals surface area contributed by atoms with Gasteiger partial charge >= 0.3 is 0 Å². The van der Waals surface area contributed by atoms with Gasteiger partial charge in [0.15, 0.2) is 0 Å². The number of benzene rings is 2. The monoisotopic (exact) mass is 411 g/mol. The topological polar surface area (TPSA) is 72.2 Å². The van der Waals surface area contributed by atoms with Crippen LogP contribution in [0.15, 0.2) is 60.6 Å². The first-order valence-electron chi connectivity index (χ1n) is 10.4. The standard InChI is InChI=1S/C24H25N7/c1-16-24-21-8-7-18(19-14-26-29(2)15-19)12-22(21)23(9-10-31(24)30(3)28-16)27-20-6-4-5-17(11-20)13-25/h4-8,11-12,14-15,23,27-28H,9-10H2,1-3H3. The Morgan fingerprint density at radius 1 is 1.16 bits per heavy atom. The second-order valence-electron chi connectivity index (χ2n) is 8.12. The van der Waals surface area contributed by atoms with Crippen LogP contribution in [0, 0.1) is 11.3 Å². The summed E-state index contributed by atoms with van der Waals surface area (Å²) in [5.41, 5.74) is 12.1. The molecule has 1 unspecified atom stereocenters. The Labute approximate surface area is 182 Å². The minimum atomic E-state index is 0.111. The van der Waals surface area contributed by atoms with E-state index < -0.39 is 0 Å². The average Bonchev–Trinajstić information content (AvgIpc) is 3.27. The van der Waals surface area contributed by atoms with Crippen LogP contribution in [0.4, 0.5) is 5.69 Å². The van der Waals surface area contributed by atoms with Crippen molar-refractivity contribution in [3.8, 4) is 17.2 Å². The molecular weight excluding hydrogens is 386 g/mol. The molecule has 0 fully saturated rings. The van der Waals surface area contributed by atoms with Gasteiger partial charge in [-0.2, -0.15) is 10.4 Å². The fourth-order valence-corrected chi connectivity index (χ4v) is 4.56. The number of hydrogen-bond acceptors (Lipinski definition) is 6. The molecule has 0 amide bonds. The first-order chi connectivity index (χ1) is 15.0. The molecule has 3 aromatic rings. The largest absolute Gasteiger partial charge is 0.378 e. The Morgan fingerprint density at radius 3 is 2.81 bits per heavy atom. The summed E-state index contributed by atoms with van der Waals surface area (Å²) in [6.45, 7) is 3.00. The van der Waals surface area contributed by atoms with E-state index in [9.17, 15) is 5.26 Å². The molecule has 1 atom stereocenters. The highest BCUT2D eigenvalue weighted by Crippen LogP contribution is 2.40. The Balaban J connectivity index is 1.62. The van der Waals surface area contributed by atoms with Crippen molar-refractivity contribution in [2.45, 2.75) is 19.4 Å². The number of hydrogen-bond donors (Lipinski definition) is 2. The highest BCUT2D eigenvalue weighted by atomic mass is 15.8. The Morgan fingerprint density at radius 2 is 2.03 bits per heavy atom. The second kappa shape index (κ2) is 7.49. The molecule has 2 N–H and O–H groups in total. The number of aromatic nitrogens is 2. The van der Waals surface area contributed by atoms with Gasteiger partial charge in [0.25, 0.3) is 0 Å². The number of hydrazine groups is 2. The van der Waals surface area contributed by atoms with Crippen LogP contribution in [0.1, 0.15) is 36.1 Å². The van der Waals surface area contributed by atoms with Crippen molar-refractivity contribution >= 4 is 11.4 Å². The molecule has 0 aliphatic carbocycles. The molecule has 2 aromatic carbocycles. The van der Waals surface area contributed by atoms with Gasteiger partial charge in [-0.15, -0.1) is 5.12 Å². The molecule has 0 radical (unpaired) electrons. The van der Waals surface area contributed by atoms with Crippen LogP contribution < -0.4 is 10.7 Å². The summed E-state index contributed by atoms with van der Waals surface area (Å²) >= 11 is 0. The van der Waals surface area contributed by atoms with E-state index in [4.69, 9.17) is 0 Å². The zero-order valence-electron chi connectivity index (χ0n) is 17.9. The van der Waals surface area contributed by atoms with Gasteiger partial charge in [0.05, 0.1) is 35.3 Å². The lowest BCUT2D eigenvalue weighted by Gasteiger charge is -2.27. The van der Waals surface area contributed by atoms with Crippen molar-refractivity contribution in [1.29, 1.82) is 5.26 Å². The summed E-state index contributed by atoms with van der Waals surface area (Å²) in [6, 6.07) is 16.7. The van der Waals surface area contributed by atoms with Crippen molar-refractivity contribution in [2.75, 3.05) is 18.9 Å². The van der Waals surface area contributed by atoms with Crippen LogP contribution in [0.3, 0.4) is 0 Å². The molecule has 2 aliphatic heterocycles. The Hall–Kier alpha value is -3.76. The van der Waals surface area contributed by atoms with Gasteiger partial charge in [-0.1, -0.05) is 18.2 Å². The molecule has 0 spiro atoms. The molecular formula is C24H25N7. The SMILES string of the molecule is CC1=C2c3ccc(-c4cnn(C)c4)cc3C(Nc3cccc(C#N)c3)CCN2N(C)N1. The van der Waals surface area contributed by atoms with Crippen LogP contribution >= 0.6 is 0 Å². The summed E-state index contributed by atoms with van der Waals surface area (Å²) in [7, 11) is 3.98. The maximum atomic E-state index is 9.29. The molecule has 0 saturated heterocycles. The molecule has 7 heteroatoms. The van der Waals surface area contributed by atoms with Crippen molar-refractivity contribution in [3.05, 3.63) is 77.2 Å². The minimum Gasteiger partial charge on any atom is -0.378 e. The van der Waals surface area contributed by atoms with Crippen LogP contribution in [-0.4, -0.2) is 33.5 Å². The van der Waals surface area contributed by atoms with E-state index in [0.717, 1.165) is 35.5 Å². The van der Waals surface area contributed by atoms with Crippen LogP contribution in [0.25, 0.3) is 16.8 Å². The maximum Gasteiger partial charge on any atom is 0.0992 e. The molecule has 3 heterocycles. The normalized spacial score (nSPS) is 18.1. The fraction of sp³-hybridized carbons (Fsp3) is 0.250. The van der Waals surface area contributed by atoms with Gasteiger partial charge in [0.2, 0.25) is 0 Å². The van der Waals surface area contributed by atoms with Gasteiger partial charge in [0, 0.05) is 43.7 Å². The van der Waals surface area contributed by atoms with Gasteiger partial charge < -0.3 is 10.7 Å². The van der Waals surface area contributed by atoms with E-state index in [2.05, 4.69) is 57.2 Å². The lowest BCUT2D eigenvalue weighted by Crippen LogP contribution is -2.40. The fourth-order valence-electron chi connectivity index (χ4n) is 4.56. The number of allylic oxidation sites excluding steroid dienone is 1. The first kappa shape index (κ1) is 19.2. The van der Waals surface area contributed by atoms with Crippen LogP contribution in [0.2, 0.25) is 0 Å². The van der Waals surface area contributed by atoms with Gasteiger partial charge in [-0.25, -0.2) is 0 Å². The van der Waals surface area contributed by atoms with Crippen molar-refractivity contribution in [1.82, 2.24) is 25.3 Å². The van der Waals surface area contributed by atoms with E-state index in [1.807, 2.05) is 55.4 Å². The third-order valence-electron chi connectivity index (χ3n) is 5.99. The summed E-state index contributed by atoms with van der Waals surface area (Å²) in [6.07, 6.45) is 4.86. The summed E-state index contributed by atoms with van der Waals surface area (Å²) in [4.78, 5) is 0. The zero-order valence-corrected chi connectivity index (χ0v) is 17.9. The van der Waals surface area contributed by atoms with Crippen LogP contribution in [0.5, 0.6) is 0 Å². The molecule has 0 bridgehead atoms. The smallest absolute Gasteiger partial charge is 0.0992 e. The number of nitrogens with one attached hydrogen (secondary N) is 2. The van der Waals surface area contributed by atoms with Gasteiger partial charge in [0.1, 0.15) is 0 Å². The number of nitriles is 1. The van der Waals surface area contributed by atoms with Gasteiger partial charge in [-0.3, -0.25) is 9.69 Å². The molecule has 5 rings (SSSR count). The highest BCUT2D eigenvalue weighted by Gasteiger charge is 2.33. The predicted molar refractivity (Wildman–Crippen MR) is 121 cm³/mol. The van der Waals surface area contributed by atoms with Gasteiger partial charge in [-0.05, 0) is 48.7 Å². The van der Waals surface area contributed by atoms with E-state index in [1.54, 1.807) is 0 Å².